The second-order valence-corrected chi connectivity index (χ2v) is 4.74. The molecule has 1 aliphatic rings. The predicted molar refractivity (Wildman–Crippen MR) is 65.9 cm³/mol. The highest BCUT2D eigenvalue weighted by Crippen LogP contribution is 2.26. The first-order valence-corrected chi connectivity index (χ1v) is 5.96. The molecule has 4 heteroatoms. The Hall–Kier alpha value is -1.42. The molecular weight excluding hydrogens is 222 g/mol. The van der Waals surface area contributed by atoms with E-state index in [2.05, 4.69) is 22.4 Å². The number of benzene rings is 1. The van der Waals surface area contributed by atoms with Gasteiger partial charge in [0.25, 0.3) is 0 Å². The minimum atomic E-state index is -0.303. The molecule has 16 heavy (non-hydrogen) atoms. The summed E-state index contributed by atoms with van der Waals surface area (Å²) >= 11 is 1.75. The molecule has 2 rings (SSSR count). The van der Waals surface area contributed by atoms with Gasteiger partial charge in [-0.1, -0.05) is 12.1 Å². The van der Waals surface area contributed by atoms with Gasteiger partial charge >= 0.3 is 5.97 Å². The number of carbonyl (C=O) groups is 1. The third-order valence-corrected chi connectivity index (χ3v) is 3.26. The Morgan fingerprint density at radius 1 is 1.38 bits per heavy atom. The second kappa shape index (κ2) is 4.61. The summed E-state index contributed by atoms with van der Waals surface area (Å²) in [6.07, 6.45) is 0. The molecule has 0 bridgehead atoms. The first-order chi connectivity index (χ1) is 7.70. The zero-order valence-corrected chi connectivity index (χ0v) is 10.0. The summed E-state index contributed by atoms with van der Waals surface area (Å²) in [4.78, 5) is 11.2. The van der Waals surface area contributed by atoms with Gasteiger partial charge in [0.05, 0.1) is 18.0 Å². The largest absolute Gasteiger partial charge is 0.465 e. The fourth-order valence-electron chi connectivity index (χ4n) is 1.51. The molecule has 0 amide bonds. The van der Waals surface area contributed by atoms with Crippen LogP contribution in [0.2, 0.25) is 0 Å². The lowest BCUT2D eigenvalue weighted by Crippen LogP contribution is -2.15. The van der Waals surface area contributed by atoms with Gasteiger partial charge in [0.15, 0.2) is 0 Å². The lowest BCUT2D eigenvalue weighted by atomic mass is 10.1. The Bertz CT molecular complexity index is 425. The van der Waals surface area contributed by atoms with Gasteiger partial charge in [-0.15, -0.1) is 11.8 Å². The molecule has 0 saturated carbocycles. The summed E-state index contributed by atoms with van der Waals surface area (Å²) in [5.41, 5.74) is 2.77. The predicted octanol–water partition coefficient (Wildman–Crippen LogP) is 2.45. The Labute approximate surface area is 98.9 Å². The van der Waals surface area contributed by atoms with E-state index in [1.54, 1.807) is 23.9 Å². The molecule has 1 heterocycles. The summed E-state index contributed by atoms with van der Waals surface area (Å²) in [6, 6.07) is 7.39. The highest BCUT2D eigenvalue weighted by atomic mass is 32.2. The molecule has 0 aromatic heterocycles. The van der Waals surface area contributed by atoms with Crippen molar-refractivity contribution in [3.63, 3.8) is 0 Å². The molecule has 1 aromatic rings. The van der Waals surface area contributed by atoms with Crippen LogP contribution in [0, 0.1) is 0 Å². The Kier molecular flexibility index (Phi) is 3.19. The number of hydrogen-bond acceptors (Lipinski definition) is 4. The molecule has 0 aliphatic carbocycles. The number of methoxy groups -OCH3 is 1. The van der Waals surface area contributed by atoms with Gasteiger partial charge in [-0.2, -0.15) is 0 Å². The Balaban J connectivity index is 2.17. The highest BCUT2D eigenvalue weighted by molar-refractivity contribution is 8.03. The summed E-state index contributed by atoms with van der Waals surface area (Å²) in [5.74, 6) is -0.303. The monoisotopic (exact) mass is 235 g/mol. The third kappa shape index (κ3) is 2.22. The number of esters is 1. The van der Waals surface area contributed by atoms with Gasteiger partial charge in [0, 0.05) is 5.70 Å². The average Bonchev–Trinajstić information content (AvgIpc) is 2.75. The molecule has 1 unspecified atom stereocenters. The van der Waals surface area contributed by atoms with Crippen LogP contribution >= 0.6 is 11.8 Å². The van der Waals surface area contributed by atoms with E-state index in [-0.39, 0.29) is 5.97 Å². The van der Waals surface area contributed by atoms with Crippen molar-refractivity contribution in [2.24, 2.45) is 0 Å². The Morgan fingerprint density at radius 2 is 2.06 bits per heavy atom. The number of thioether (sulfide) groups is 1. The van der Waals surface area contributed by atoms with Gasteiger partial charge in [0.1, 0.15) is 0 Å². The Morgan fingerprint density at radius 3 is 2.56 bits per heavy atom. The minimum Gasteiger partial charge on any atom is -0.465 e. The van der Waals surface area contributed by atoms with E-state index >= 15 is 0 Å². The maximum atomic E-state index is 11.2. The number of nitrogens with one attached hydrogen (secondary N) is 1. The van der Waals surface area contributed by atoms with E-state index in [1.165, 1.54) is 7.11 Å². The normalized spacial score (nSPS) is 18.9. The molecule has 84 valence electrons. The van der Waals surface area contributed by atoms with Crippen LogP contribution in [-0.4, -0.2) is 18.5 Å². The molecule has 0 saturated heterocycles. The van der Waals surface area contributed by atoms with Crippen LogP contribution in [0.25, 0.3) is 5.70 Å². The maximum absolute atomic E-state index is 11.2. The van der Waals surface area contributed by atoms with Gasteiger partial charge in [-0.05, 0) is 30.0 Å². The van der Waals surface area contributed by atoms with Crippen molar-refractivity contribution in [3.05, 3.63) is 40.8 Å². The molecule has 0 radical (unpaired) electrons. The summed E-state index contributed by atoms with van der Waals surface area (Å²) in [5, 5.41) is 5.85. The number of carbonyl (C=O) groups excluding carboxylic acids is 1. The molecule has 1 aliphatic heterocycles. The van der Waals surface area contributed by atoms with E-state index < -0.39 is 0 Å². The fraction of sp³-hybridized carbons (Fsp3) is 0.250. The first-order valence-electron chi connectivity index (χ1n) is 5.01. The zero-order valence-electron chi connectivity index (χ0n) is 9.19. The number of hydrogen-bond donors (Lipinski definition) is 1. The van der Waals surface area contributed by atoms with Crippen molar-refractivity contribution in [3.8, 4) is 0 Å². The molecule has 0 spiro atoms. The van der Waals surface area contributed by atoms with Crippen LogP contribution in [-0.2, 0) is 4.74 Å². The van der Waals surface area contributed by atoms with Crippen molar-refractivity contribution < 1.29 is 9.53 Å². The lowest BCUT2D eigenvalue weighted by Gasteiger charge is -2.08. The fourth-order valence-corrected chi connectivity index (χ4v) is 2.25. The van der Waals surface area contributed by atoms with E-state index in [0.717, 1.165) is 11.3 Å². The van der Waals surface area contributed by atoms with Crippen LogP contribution < -0.4 is 5.32 Å². The summed E-state index contributed by atoms with van der Waals surface area (Å²) < 4.78 is 4.65. The molecule has 1 N–H and O–H groups in total. The van der Waals surface area contributed by atoms with Crippen LogP contribution in [0.1, 0.15) is 22.8 Å². The minimum absolute atomic E-state index is 0.303. The van der Waals surface area contributed by atoms with Gasteiger partial charge in [0.2, 0.25) is 0 Å². The van der Waals surface area contributed by atoms with E-state index in [1.807, 2.05) is 12.1 Å². The van der Waals surface area contributed by atoms with Crippen molar-refractivity contribution in [2.75, 3.05) is 7.11 Å². The quantitative estimate of drug-likeness (QED) is 0.799. The van der Waals surface area contributed by atoms with Crippen LogP contribution in [0.5, 0.6) is 0 Å². The van der Waals surface area contributed by atoms with Crippen LogP contribution in [0.3, 0.4) is 0 Å². The molecular formula is C12H13NO2S. The van der Waals surface area contributed by atoms with Crippen LogP contribution in [0.4, 0.5) is 0 Å². The van der Waals surface area contributed by atoms with Crippen molar-refractivity contribution >= 4 is 23.4 Å². The third-order valence-electron chi connectivity index (χ3n) is 2.37. The summed E-state index contributed by atoms with van der Waals surface area (Å²) in [6.45, 7) is 2.11. The van der Waals surface area contributed by atoms with E-state index in [9.17, 15) is 4.79 Å². The van der Waals surface area contributed by atoms with Crippen molar-refractivity contribution in [1.82, 2.24) is 5.32 Å². The molecule has 0 fully saturated rings. The van der Waals surface area contributed by atoms with Crippen LogP contribution in [0.15, 0.2) is 29.7 Å². The second-order valence-electron chi connectivity index (χ2n) is 3.52. The number of rotatable bonds is 2. The number of ether oxygens (including phenoxy) is 1. The SMILES string of the molecule is COC(=O)c1ccc(C2=CSC(C)N2)cc1. The smallest absolute Gasteiger partial charge is 0.337 e. The first kappa shape index (κ1) is 11.1. The van der Waals surface area contributed by atoms with E-state index in [0.29, 0.717) is 10.9 Å². The molecule has 1 atom stereocenters. The van der Waals surface area contributed by atoms with Gasteiger partial charge in [-0.25, -0.2) is 4.79 Å². The van der Waals surface area contributed by atoms with Crippen molar-refractivity contribution in [2.45, 2.75) is 12.3 Å². The van der Waals surface area contributed by atoms with Gasteiger partial charge < -0.3 is 10.1 Å². The van der Waals surface area contributed by atoms with Gasteiger partial charge in [-0.3, -0.25) is 0 Å². The highest BCUT2D eigenvalue weighted by Gasteiger charge is 2.13. The summed E-state index contributed by atoms with van der Waals surface area (Å²) in [7, 11) is 1.38. The lowest BCUT2D eigenvalue weighted by molar-refractivity contribution is 0.0601. The zero-order chi connectivity index (χ0) is 11.5. The average molecular weight is 235 g/mol. The molecule has 1 aromatic carbocycles. The topological polar surface area (TPSA) is 38.3 Å². The maximum Gasteiger partial charge on any atom is 0.337 e. The molecule has 3 nitrogen and oxygen atoms in total. The van der Waals surface area contributed by atoms with E-state index in [4.69, 9.17) is 0 Å². The van der Waals surface area contributed by atoms with Crippen molar-refractivity contribution in [1.29, 1.82) is 0 Å². The standard InChI is InChI=1S/C12H13NO2S/c1-8-13-11(7-16-8)9-3-5-10(6-4-9)12(14)15-2/h3-8,13H,1-2H3.